The van der Waals surface area contributed by atoms with Gasteiger partial charge in [0.25, 0.3) is 5.91 Å². The van der Waals surface area contributed by atoms with Crippen LogP contribution < -0.4 is 10.1 Å². The molecule has 0 aromatic heterocycles. The van der Waals surface area contributed by atoms with Gasteiger partial charge < -0.3 is 14.8 Å². The minimum absolute atomic E-state index is 0.101. The van der Waals surface area contributed by atoms with Crippen molar-refractivity contribution in [3.63, 3.8) is 0 Å². The van der Waals surface area contributed by atoms with Gasteiger partial charge in [0.2, 0.25) is 0 Å². The molecule has 1 fully saturated rings. The molecule has 0 spiro atoms. The fraction of sp³-hybridized carbons (Fsp3) is 0.562. The lowest BCUT2D eigenvalue weighted by molar-refractivity contribution is 0.0383. The second-order valence-electron chi connectivity index (χ2n) is 5.24. The number of benzene rings is 1. The summed E-state index contributed by atoms with van der Waals surface area (Å²) in [6.45, 7) is 9.15. The number of aryl methyl sites for hydroxylation is 1. The first-order valence-corrected chi connectivity index (χ1v) is 8.01. The van der Waals surface area contributed by atoms with E-state index in [1.54, 1.807) is 6.07 Å². The third kappa shape index (κ3) is 4.60. The van der Waals surface area contributed by atoms with Gasteiger partial charge in [-0.1, -0.05) is 11.6 Å². The van der Waals surface area contributed by atoms with E-state index >= 15 is 0 Å². The van der Waals surface area contributed by atoms with Gasteiger partial charge in [0.05, 0.1) is 24.8 Å². The van der Waals surface area contributed by atoms with E-state index < -0.39 is 0 Å². The molecule has 1 aromatic carbocycles. The average Bonchev–Trinajstić information content (AvgIpc) is 2.51. The predicted molar refractivity (Wildman–Crippen MR) is 87.0 cm³/mol. The fourth-order valence-electron chi connectivity index (χ4n) is 2.41. The molecule has 22 heavy (non-hydrogen) atoms. The highest BCUT2D eigenvalue weighted by molar-refractivity contribution is 6.32. The van der Waals surface area contributed by atoms with Gasteiger partial charge >= 0.3 is 0 Å². The lowest BCUT2D eigenvalue weighted by Crippen LogP contribution is -2.41. The largest absolute Gasteiger partial charge is 0.492 e. The molecule has 0 saturated carbocycles. The Morgan fingerprint density at radius 2 is 2.14 bits per heavy atom. The van der Waals surface area contributed by atoms with E-state index in [1.165, 1.54) is 0 Å². The smallest absolute Gasteiger partial charge is 0.251 e. The molecule has 0 atom stereocenters. The van der Waals surface area contributed by atoms with Crippen LogP contribution in [0, 0.1) is 6.92 Å². The number of halogens is 1. The highest BCUT2D eigenvalue weighted by Crippen LogP contribution is 2.28. The first kappa shape index (κ1) is 17.1. The number of morpholine rings is 1. The number of amides is 1. The minimum atomic E-state index is -0.101. The third-order valence-corrected chi connectivity index (χ3v) is 3.94. The summed E-state index contributed by atoms with van der Waals surface area (Å²) in [6, 6.07) is 3.48. The van der Waals surface area contributed by atoms with Crippen LogP contribution in [0.1, 0.15) is 22.8 Å². The summed E-state index contributed by atoms with van der Waals surface area (Å²) in [5.41, 5.74) is 1.45. The van der Waals surface area contributed by atoms with Gasteiger partial charge in [-0.2, -0.15) is 0 Å². The van der Waals surface area contributed by atoms with E-state index in [-0.39, 0.29) is 5.91 Å². The number of carbonyl (C=O) groups excluding carboxylic acids is 1. The van der Waals surface area contributed by atoms with Crippen LogP contribution in [0.15, 0.2) is 12.1 Å². The summed E-state index contributed by atoms with van der Waals surface area (Å²) in [4.78, 5) is 14.6. The summed E-state index contributed by atoms with van der Waals surface area (Å²) in [5.74, 6) is 0.516. The number of carbonyl (C=O) groups is 1. The number of nitrogens with zero attached hydrogens (tertiary/aromatic N) is 1. The minimum Gasteiger partial charge on any atom is -0.492 e. The zero-order valence-corrected chi connectivity index (χ0v) is 13.9. The van der Waals surface area contributed by atoms with Crippen molar-refractivity contribution in [3.8, 4) is 5.75 Å². The summed E-state index contributed by atoms with van der Waals surface area (Å²) >= 11 is 6.15. The Bertz CT molecular complexity index is 516. The molecule has 0 unspecified atom stereocenters. The first-order chi connectivity index (χ1) is 10.6. The van der Waals surface area contributed by atoms with E-state index in [2.05, 4.69) is 10.2 Å². The van der Waals surface area contributed by atoms with Gasteiger partial charge in [0.15, 0.2) is 0 Å². The normalized spacial score (nSPS) is 15.6. The van der Waals surface area contributed by atoms with E-state index in [1.807, 2.05) is 19.9 Å². The predicted octanol–water partition coefficient (Wildman–Crippen LogP) is 2.11. The third-order valence-electron chi connectivity index (χ3n) is 3.64. The van der Waals surface area contributed by atoms with Crippen LogP contribution in [0.4, 0.5) is 0 Å². The van der Waals surface area contributed by atoms with Gasteiger partial charge in [0, 0.05) is 31.7 Å². The van der Waals surface area contributed by atoms with Crippen molar-refractivity contribution in [1.29, 1.82) is 0 Å². The number of rotatable bonds is 6. The molecule has 0 radical (unpaired) electrons. The molecule has 1 amide bonds. The first-order valence-electron chi connectivity index (χ1n) is 7.63. The number of ether oxygens (including phenoxy) is 2. The van der Waals surface area contributed by atoms with Crippen molar-refractivity contribution in [1.82, 2.24) is 10.2 Å². The molecule has 122 valence electrons. The van der Waals surface area contributed by atoms with E-state index in [0.717, 1.165) is 38.4 Å². The molecule has 1 heterocycles. The monoisotopic (exact) mass is 326 g/mol. The van der Waals surface area contributed by atoms with Crippen molar-refractivity contribution < 1.29 is 14.3 Å². The summed E-state index contributed by atoms with van der Waals surface area (Å²) in [6.07, 6.45) is 0. The zero-order chi connectivity index (χ0) is 15.9. The van der Waals surface area contributed by atoms with Gasteiger partial charge in [-0.15, -0.1) is 0 Å². The quantitative estimate of drug-likeness (QED) is 0.870. The van der Waals surface area contributed by atoms with Crippen LogP contribution in [-0.2, 0) is 4.74 Å². The van der Waals surface area contributed by atoms with Crippen LogP contribution >= 0.6 is 11.6 Å². The Labute approximate surface area is 136 Å². The topological polar surface area (TPSA) is 50.8 Å². The van der Waals surface area contributed by atoms with Crippen LogP contribution in [-0.4, -0.2) is 56.8 Å². The van der Waals surface area contributed by atoms with Crippen molar-refractivity contribution in [2.24, 2.45) is 0 Å². The number of hydrogen-bond acceptors (Lipinski definition) is 4. The van der Waals surface area contributed by atoms with Gasteiger partial charge in [-0.3, -0.25) is 9.69 Å². The molecular weight excluding hydrogens is 304 g/mol. The Morgan fingerprint density at radius 3 is 2.82 bits per heavy atom. The second kappa shape index (κ2) is 8.36. The number of nitrogens with one attached hydrogen (secondary N) is 1. The molecular formula is C16H23ClN2O3. The lowest BCUT2D eigenvalue weighted by Gasteiger charge is -2.26. The Balaban J connectivity index is 1.90. The summed E-state index contributed by atoms with van der Waals surface area (Å²) < 4.78 is 10.7. The van der Waals surface area contributed by atoms with Crippen LogP contribution in [0.2, 0.25) is 5.02 Å². The molecule has 1 aromatic rings. The molecule has 0 aliphatic carbocycles. The fourth-order valence-corrected chi connectivity index (χ4v) is 2.63. The number of hydrogen-bond donors (Lipinski definition) is 1. The standard InChI is InChI=1S/C16H23ClN2O3/c1-3-22-15-10-12(2)13(11-14(15)17)16(20)18-4-5-19-6-8-21-9-7-19/h10-11H,3-9H2,1-2H3,(H,18,20). The maximum absolute atomic E-state index is 12.3. The summed E-state index contributed by atoms with van der Waals surface area (Å²) in [5, 5.41) is 3.41. The van der Waals surface area contributed by atoms with Crippen LogP contribution in [0.25, 0.3) is 0 Å². The Kier molecular flexibility index (Phi) is 6.49. The highest BCUT2D eigenvalue weighted by atomic mass is 35.5. The van der Waals surface area contributed by atoms with Crippen LogP contribution in [0.3, 0.4) is 0 Å². The maximum Gasteiger partial charge on any atom is 0.251 e. The maximum atomic E-state index is 12.3. The molecule has 1 saturated heterocycles. The molecule has 0 bridgehead atoms. The second-order valence-corrected chi connectivity index (χ2v) is 5.65. The SMILES string of the molecule is CCOc1cc(C)c(C(=O)NCCN2CCOCC2)cc1Cl. The Morgan fingerprint density at radius 1 is 1.41 bits per heavy atom. The highest BCUT2D eigenvalue weighted by Gasteiger charge is 2.14. The van der Waals surface area contributed by atoms with Gasteiger partial charge in [-0.05, 0) is 31.5 Å². The molecule has 1 aliphatic rings. The lowest BCUT2D eigenvalue weighted by atomic mass is 10.1. The van der Waals surface area contributed by atoms with Crippen LogP contribution in [0.5, 0.6) is 5.75 Å². The average molecular weight is 327 g/mol. The van der Waals surface area contributed by atoms with Crippen molar-refractivity contribution >= 4 is 17.5 Å². The zero-order valence-electron chi connectivity index (χ0n) is 13.2. The van der Waals surface area contributed by atoms with Crippen molar-refractivity contribution in [2.45, 2.75) is 13.8 Å². The summed E-state index contributed by atoms with van der Waals surface area (Å²) in [7, 11) is 0. The molecule has 6 heteroatoms. The molecule has 5 nitrogen and oxygen atoms in total. The van der Waals surface area contributed by atoms with Gasteiger partial charge in [0.1, 0.15) is 5.75 Å². The van der Waals surface area contributed by atoms with Gasteiger partial charge in [-0.25, -0.2) is 0 Å². The Hall–Kier alpha value is -1.30. The molecule has 2 rings (SSSR count). The van der Waals surface area contributed by atoms with Crippen molar-refractivity contribution in [2.75, 3.05) is 46.0 Å². The molecule has 1 N–H and O–H groups in total. The molecule has 1 aliphatic heterocycles. The van der Waals surface area contributed by atoms with E-state index in [0.29, 0.717) is 29.5 Å². The van der Waals surface area contributed by atoms with Crippen molar-refractivity contribution in [3.05, 3.63) is 28.3 Å². The van der Waals surface area contributed by atoms with E-state index in [9.17, 15) is 4.79 Å². The van der Waals surface area contributed by atoms with E-state index in [4.69, 9.17) is 21.1 Å².